The minimum atomic E-state index is -1.00. The van der Waals surface area contributed by atoms with Gasteiger partial charge in [-0.3, -0.25) is 9.59 Å². The highest BCUT2D eigenvalue weighted by molar-refractivity contribution is 5.97. The summed E-state index contributed by atoms with van der Waals surface area (Å²) in [6.45, 7) is 5.66. The quantitative estimate of drug-likeness (QED) is 0.840. The second-order valence-electron chi connectivity index (χ2n) is 6.27. The number of hydrogen-bond donors (Lipinski definition) is 2. The van der Waals surface area contributed by atoms with Crippen LogP contribution in [0.2, 0.25) is 0 Å². The van der Waals surface area contributed by atoms with Crippen LogP contribution < -0.4 is 5.32 Å². The van der Waals surface area contributed by atoms with Crippen molar-refractivity contribution in [1.82, 2.24) is 0 Å². The van der Waals surface area contributed by atoms with E-state index in [1.165, 1.54) is 0 Å². The molecule has 0 aliphatic carbocycles. The summed E-state index contributed by atoms with van der Waals surface area (Å²) < 4.78 is 5.70. The van der Waals surface area contributed by atoms with Gasteiger partial charge in [-0.15, -0.1) is 0 Å². The maximum absolute atomic E-state index is 12.7. The second kappa shape index (κ2) is 4.95. The first kappa shape index (κ1) is 14.8. The summed E-state index contributed by atoms with van der Waals surface area (Å²) in [5, 5.41) is 12.3. The molecule has 116 valence electrons. The predicted molar refractivity (Wildman–Crippen MR) is 81.6 cm³/mol. The highest BCUT2D eigenvalue weighted by Crippen LogP contribution is 2.47. The van der Waals surface area contributed by atoms with Crippen LogP contribution in [0.25, 0.3) is 0 Å². The Morgan fingerprint density at radius 2 is 2.05 bits per heavy atom. The van der Waals surface area contributed by atoms with E-state index in [1.54, 1.807) is 19.1 Å². The van der Waals surface area contributed by atoms with Gasteiger partial charge in [0.05, 0.1) is 17.6 Å². The van der Waals surface area contributed by atoms with E-state index in [-0.39, 0.29) is 5.91 Å². The molecule has 1 fully saturated rings. The van der Waals surface area contributed by atoms with E-state index in [0.29, 0.717) is 5.69 Å². The van der Waals surface area contributed by atoms with E-state index in [9.17, 15) is 14.7 Å². The Labute approximate surface area is 129 Å². The Kier molecular flexibility index (Phi) is 3.33. The molecular formula is C17H19NO4. The van der Waals surface area contributed by atoms with Crippen LogP contribution in [0.15, 0.2) is 30.4 Å². The lowest BCUT2D eigenvalue weighted by Gasteiger charge is -2.28. The molecular weight excluding hydrogens is 282 g/mol. The molecule has 2 aliphatic heterocycles. The van der Waals surface area contributed by atoms with Gasteiger partial charge in [0.15, 0.2) is 0 Å². The molecule has 2 heterocycles. The van der Waals surface area contributed by atoms with Crippen LogP contribution in [0.4, 0.5) is 5.69 Å². The van der Waals surface area contributed by atoms with Crippen LogP contribution in [0.3, 0.4) is 0 Å². The van der Waals surface area contributed by atoms with Gasteiger partial charge in [-0.05, 0) is 32.4 Å². The minimum absolute atomic E-state index is 0.311. The highest BCUT2D eigenvalue weighted by atomic mass is 16.5. The highest BCUT2D eigenvalue weighted by Gasteiger charge is 2.59. The predicted octanol–water partition coefficient (Wildman–Crippen LogP) is 2.29. The summed E-state index contributed by atoms with van der Waals surface area (Å²) in [6.07, 6.45) is 3.00. The van der Waals surface area contributed by atoms with Gasteiger partial charge in [0, 0.05) is 5.69 Å². The lowest BCUT2D eigenvalue weighted by Crippen LogP contribution is -2.44. The summed E-state index contributed by atoms with van der Waals surface area (Å²) >= 11 is 0. The van der Waals surface area contributed by atoms with Crippen LogP contribution in [-0.4, -0.2) is 28.7 Å². The number of carboxylic acids is 1. The van der Waals surface area contributed by atoms with E-state index >= 15 is 0 Å². The Morgan fingerprint density at radius 1 is 1.32 bits per heavy atom. The number of aryl methyl sites for hydroxylation is 2. The van der Waals surface area contributed by atoms with Gasteiger partial charge < -0.3 is 15.2 Å². The molecule has 2 aliphatic rings. The van der Waals surface area contributed by atoms with Gasteiger partial charge in [-0.1, -0.05) is 29.8 Å². The first-order valence-electron chi connectivity index (χ1n) is 7.30. The number of rotatable bonds is 3. The van der Waals surface area contributed by atoms with Crippen molar-refractivity contribution in [2.45, 2.75) is 32.5 Å². The third kappa shape index (κ3) is 2.22. The topological polar surface area (TPSA) is 75.6 Å². The number of fused-ring (bicyclic) bond motifs is 2. The summed E-state index contributed by atoms with van der Waals surface area (Å²) in [4.78, 5) is 24.2. The maximum atomic E-state index is 12.7. The van der Waals surface area contributed by atoms with Gasteiger partial charge in [0.2, 0.25) is 5.91 Å². The lowest BCUT2D eigenvalue weighted by atomic mass is 9.75. The van der Waals surface area contributed by atoms with Crippen LogP contribution in [0.1, 0.15) is 18.1 Å². The molecule has 2 N–H and O–H groups in total. The molecule has 1 saturated heterocycles. The first-order chi connectivity index (χ1) is 10.3. The Hall–Kier alpha value is -2.14. The number of benzene rings is 1. The number of hydrogen-bond acceptors (Lipinski definition) is 3. The molecule has 22 heavy (non-hydrogen) atoms. The smallest absolute Gasteiger partial charge is 0.310 e. The summed E-state index contributed by atoms with van der Waals surface area (Å²) in [7, 11) is 0. The fourth-order valence-corrected chi connectivity index (χ4v) is 3.44. The van der Waals surface area contributed by atoms with Crippen molar-refractivity contribution >= 4 is 17.6 Å². The van der Waals surface area contributed by atoms with Crippen molar-refractivity contribution in [2.24, 2.45) is 11.8 Å². The summed E-state index contributed by atoms with van der Waals surface area (Å²) in [5.41, 5.74) is 1.91. The monoisotopic (exact) mass is 301 g/mol. The summed E-state index contributed by atoms with van der Waals surface area (Å²) in [6, 6.07) is 5.73. The van der Waals surface area contributed by atoms with Crippen molar-refractivity contribution in [1.29, 1.82) is 0 Å². The largest absolute Gasteiger partial charge is 0.481 e. The SMILES string of the molecule is Cc1ccc(NC(=O)[C@@H]2[C@@H](C(=O)O)[C@H]3C=C[C@@]2(C)O3)c(C)c1. The van der Waals surface area contributed by atoms with Crippen molar-refractivity contribution in [3.05, 3.63) is 41.5 Å². The number of nitrogens with one attached hydrogen (secondary N) is 1. The number of carboxylic acid groups (broad SMARTS) is 1. The third-order valence-electron chi connectivity index (χ3n) is 4.54. The number of amides is 1. The number of carbonyl (C=O) groups is 2. The Bertz CT molecular complexity index is 681. The molecule has 1 amide bonds. The molecule has 5 nitrogen and oxygen atoms in total. The van der Waals surface area contributed by atoms with Gasteiger partial charge in [0.25, 0.3) is 0 Å². The summed E-state index contributed by atoms with van der Waals surface area (Å²) in [5.74, 6) is -2.89. The van der Waals surface area contributed by atoms with Gasteiger partial charge in [0.1, 0.15) is 5.92 Å². The molecule has 1 aromatic carbocycles. The Balaban J connectivity index is 1.88. The number of aliphatic carboxylic acids is 1. The third-order valence-corrected chi connectivity index (χ3v) is 4.54. The van der Waals surface area contributed by atoms with Crippen LogP contribution in [0.5, 0.6) is 0 Å². The zero-order valence-electron chi connectivity index (χ0n) is 12.8. The van der Waals surface area contributed by atoms with Gasteiger partial charge >= 0.3 is 5.97 Å². The van der Waals surface area contributed by atoms with E-state index in [0.717, 1.165) is 11.1 Å². The Morgan fingerprint density at radius 3 is 2.68 bits per heavy atom. The lowest BCUT2D eigenvalue weighted by molar-refractivity contribution is -0.146. The second-order valence-corrected chi connectivity index (χ2v) is 6.27. The molecule has 4 atom stereocenters. The molecule has 1 aromatic rings. The van der Waals surface area contributed by atoms with E-state index < -0.39 is 29.5 Å². The fourth-order valence-electron chi connectivity index (χ4n) is 3.44. The van der Waals surface area contributed by atoms with Crippen molar-refractivity contribution in [2.75, 3.05) is 5.32 Å². The molecule has 0 aromatic heterocycles. The van der Waals surface area contributed by atoms with Gasteiger partial charge in [-0.25, -0.2) is 0 Å². The molecule has 0 saturated carbocycles. The first-order valence-corrected chi connectivity index (χ1v) is 7.30. The average molecular weight is 301 g/mol. The van der Waals surface area contributed by atoms with Crippen molar-refractivity contribution in [3.63, 3.8) is 0 Å². The van der Waals surface area contributed by atoms with E-state index in [1.807, 2.05) is 32.0 Å². The molecule has 5 heteroatoms. The van der Waals surface area contributed by atoms with E-state index in [2.05, 4.69) is 5.32 Å². The average Bonchev–Trinajstić information content (AvgIpc) is 2.94. The number of ether oxygens (including phenoxy) is 1. The molecule has 0 spiro atoms. The fraction of sp³-hybridized carbons (Fsp3) is 0.412. The maximum Gasteiger partial charge on any atom is 0.310 e. The van der Waals surface area contributed by atoms with Gasteiger partial charge in [-0.2, -0.15) is 0 Å². The number of carbonyl (C=O) groups excluding carboxylic acids is 1. The standard InChI is InChI=1S/C17H19NO4/c1-9-4-5-11(10(2)8-9)18-15(19)14-13(16(20)21)12-6-7-17(14,3)22-12/h4-8,12-14H,1-3H3,(H,18,19)(H,20,21)/t12-,13+,14+,17-/m1/s1. The molecule has 2 bridgehead atoms. The zero-order valence-corrected chi connectivity index (χ0v) is 12.8. The molecule has 0 radical (unpaired) electrons. The molecule has 0 unspecified atom stereocenters. The van der Waals surface area contributed by atoms with E-state index in [4.69, 9.17) is 4.74 Å². The normalized spacial score (nSPS) is 32.2. The minimum Gasteiger partial charge on any atom is -0.481 e. The number of anilines is 1. The van der Waals surface area contributed by atoms with Crippen LogP contribution in [-0.2, 0) is 14.3 Å². The van der Waals surface area contributed by atoms with Crippen molar-refractivity contribution in [3.8, 4) is 0 Å². The molecule has 3 rings (SSSR count). The van der Waals surface area contributed by atoms with Crippen molar-refractivity contribution < 1.29 is 19.4 Å². The van der Waals surface area contributed by atoms with Crippen LogP contribution in [0, 0.1) is 25.7 Å². The van der Waals surface area contributed by atoms with Crippen LogP contribution >= 0.6 is 0 Å². The zero-order chi connectivity index (χ0) is 16.1.